The van der Waals surface area contributed by atoms with Crippen LogP contribution >= 0.6 is 11.3 Å². The third kappa shape index (κ3) is 4.22. The molecule has 0 amide bonds. The lowest BCUT2D eigenvalue weighted by Gasteiger charge is -2.06. The monoisotopic (exact) mass is 336 g/mol. The number of ether oxygens (including phenoxy) is 3. The van der Waals surface area contributed by atoms with Crippen molar-refractivity contribution < 1.29 is 23.8 Å². The Hall–Kier alpha value is -2.08. The maximum Gasteiger partial charge on any atom is 0.306 e. The number of benzene rings is 1. The zero-order valence-corrected chi connectivity index (χ0v) is 14.3. The van der Waals surface area contributed by atoms with Gasteiger partial charge in [0.2, 0.25) is 0 Å². The molecule has 1 aromatic carbocycles. The third-order valence-electron chi connectivity index (χ3n) is 3.32. The second-order valence-corrected chi connectivity index (χ2v) is 6.08. The van der Waals surface area contributed by atoms with Gasteiger partial charge < -0.3 is 14.2 Å². The summed E-state index contributed by atoms with van der Waals surface area (Å²) in [6.45, 7) is 2.33. The molecule has 0 aliphatic carbocycles. The van der Waals surface area contributed by atoms with Crippen LogP contribution in [0.3, 0.4) is 0 Å². The van der Waals surface area contributed by atoms with Gasteiger partial charge >= 0.3 is 5.97 Å². The van der Waals surface area contributed by atoms with Gasteiger partial charge in [-0.3, -0.25) is 9.59 Å². The van der Waals surface area contributed by atoms with Crippen LogP contribution in [0.15, 0.2) is 18.2 Å². The van der Waals surface area contributed by atoms with Crippen LogP contribution in [-0.4, -0.2) is 32.6 Å². The van der Waals surface area contributed by atoms with E-state index in [1.54, 1.807) is 14.2 Å². The Morgan fingerprint density at radius 1 is 1.04 bits per heavy atom. The largest absolute Gasteiger partial charge is 0.493 e. The van der Waals surface area contributed by atoms with Crippen LogP contribution < -0.4 is 9.47 Å². The average Bonchev–Trinajstić information content (AvgIpc) is 2.99. The van der Waals surface area contributed by atoms with Gasteiger partial charge in [0.25, 0.3) is 0 Å². The van der Waals surface area contributed by atoms with Crippen molar-refractivity contribution in [1.82, 2.24) is 0 Å². The Balaban J connectivity index is 2.10. The summed E-state index contributed by atoms with van der Waals surface area (Å²) in [6.07, 6.45) is 1.04. The van der Waals surface area contributed by atoms with Gasteiger partial charge in [-0.25, -0.2) is 0 Å². The molecule has 0 bridgehead atoms. The second-order valence-electron chi connectivity index (χ2n) is 5.00. The molecule has 2 aromatic rings. The lowest BCUT2D eigenvalue weighted by molar-refractivity contribution is -0.143. The number of hydrogen-bond donors (Lipinski definition) is 0. The van der Waals surface area contributed by atoms with Gasteiger partial charge in [0.1, 0.15) is 0 Å². The van der Waals surface area contributed by atoms with Crippen LogP contribution in [0.1, 0.15) is 35.9 Å². The highest BCUT2D eigenvalue weighted by Crippen LogP contribution is 2.36. The van der Waals surface area contributed by atoms with Crippen molar-refractivity contribution in [2.45, 2.75) is 26.2 Å². The van der Waals surface area contributed by atoms with Gasteiger partial charge in [0.15, 0.2) is 17.3 Å². The molecule has 0 spiro atoms. The molecule has 0 saturated heterocycles. The summed E-state index contributed by atoms with van der Waals surface area (Å²) in [7, 11) is 3.15. The van der Waals surface area contributed by atoms with E-state index >= 15 is 0 Å². The van der Waals surface area contributed by atoms with Gasteiger partial charge in [0, 0.05) is 17.2 Å². The number of rotatable bonds is 8. The molecule has 6 heteroatoms. The second kappa shape index (κ2) is 7.97. The number of Topliss-reactive ketones (excluding diaryl/α,β-unsaturated/α-hetero) is 1. The molecule has 1 aromatic heterocycles. The number of hydrogen-bond acceptors (Lipinski definition) is 6. The average molecular weight is 336 g/mol. The number of fused-ring (bicyclic) bond motifs is 1. The topological polar surface area (TPSA) is 61.8 Å². The Morgan fingerprint density at radius 2 is 1.74 bits per heavy atom. The van der Waals surface area contributed by atoms with E-state index in [4.69, 9.17) is 14.2 Å². The molecule has 0 atom stereocenters. The van der Waals surface area contributed by atoms with E-state index in [2.05, 4.69) is 0 Å². The smallest absolute Gasteiger partial charge is 0.306 e. The highest BCUT2D eigenvalue weighted by molar-refractivity contribution is 7.20. The van der Waals surface area contributed by atoms with Crippen LogP contribution in [0.5, 0.6) is 11.5 Å². The van der Waals surface area contributed by atoms with Gasteiger partial charge in [-0.2, -0.15) is 0 Å². The lowest BCUT2D eigenvalue weighted by Crippen LogP contribution is -2.08. The Bertz CT molecular complexity index is 663. The fourth-order valence-corrected chi connectivity index (χ4v) is 3.17. The van der Waals surface area contributed by atoms with Crippen molar-refractivity contribution in [2.75, 3.05) is 20.8 Å². The minimum atomic E-state index is -0.329. The van der Waals surface area contributed by atoms with E-state index in [0.29, 0.717) is 23.0 Å². The summed E-state index contributed by atoms with van der Waals surface area (Å²) in [5.41, 5.74) is 0. The maximum atomic E-state index is 12.2. The normalized spacial score (nSPS) is 10.6. The molecule has 0 saturated carbocycles. The molecule has 0 aliphatic rings. The molecule has 23 heavy (non-hydrogen) atoms. The first-order chi connectivity index (χ1) is 11.1. The van der Waals surface area contributed by atoms with E-state index in [-0.39, 0.29) is 24.6 Å². The molecule has 0 aliphatic heterocycles. The molecule has 5 nitrogen and oxygen atoms in total. The lowest BCUT2D eigenvalue weighted by atomic mass is 10.1. The Morgan fingerprint density at radius 3 is 2.39 bits per heavy atom. The van der Waals surface area contributed by atoms with Gasteiger partial charge in [-0.1, -0.05) is 6.92 Å². The fraction of sp³-hybridized carbons (Fsp3) is 0.412. The third-order valence-corrected chi connectivity index (χ3v) is 4.46. The van der Waals surface area contributed by atoms with Crippen molar-refractivity contribution in [3.8, 4) is 11.5 Å². The quantitative estimate of drug-likeness (QED) is 0.541. The van der Waals surface area contributed by atoms with Crippen molar-refractivity contribution in [3.63, 3.8) is 0 Å². The summed E-state index contributed by atoms with van der Waals surface area (Å²) in [6, 6.07) is 5.52. The minimum Gasteiger partial charge on any atom is -0.493 e. The Labute approximate surface area is 139 Å². The summed E-state index contributed by atoms with van der Waals surface area (Å²) in [5.74, 6) is 0.867. The molecule has 2 rings (SSSR count). The van der Waals surface area contributed by atoms with Crippen LogP contribution in [0.4, 0.5) is 0 Å². The molecular formula is C17H20O5S. The van der Waals surface area contributed by atoms with Crippen molar-refractivity contribution in [2.24, 2.45) is 0 Å². The molecule has 1 heterocycles. The summed E-state index contributed by atoms with van der Waals surface area (Å²) in [5, 5.41) is 0.921. The van der Waals surface area contributed by atoms with E-state index in [1.165, 1.54) is 11.3 Å². The summed E-state index contributed by atoms with van der Waals surface area (Å²) < 4.78 is 16.5. The fourth-order valence-electron chi connectivity index (χ4n) is 2.13. The molecule has 124 valence electrons. The van der Waals surface area contributed by atoms with Crippen molar-refractivity contribution in [1.29, 1.82) is 0 Å². The number of thiophene rings is 1. The number of ketones is 1. The first-order valence-electron chi connectivity index (χ1n) is 7.43. The number of esters is 1. The van der Waals surface area contributed by atoms with Crippen LogP contribution in [0.25, 0.3) is 10.1 Å². The highest BCUT2D eigenvalue weighted by atomic mass is 32.1. The predicted molar refractivity (Wildman–Crippen MR) is 89.7 cm³/mol. The molecule has 0 unspecified atom stereocenters. The van der Waals surface area contributed by atoms with Crippen LogP contribution in [0, 0.1) is 0 Å². The highest BCUT2D eigenvalue weighted by Gasteiger charge is 2.15. The van der Waals surface area contributed by atoms with Gasteiger partial charge in [-0.05, 0) is 23.9 Å². The Kier molecular flexibility index (Phi) is 5.98. The van der Waals surface area contributed by atoms with E-state index < -0.39 is 0 Å². The molecule has 0 fully saturated rings. The molecular weight excluding hydrogens is 316 g/mol. The number of carbonyl (C=O) groups is 2. The van der Waals surface area contributed by atoms with Gasteiger partial charge in [-0.15, -0.1) is 11.3 Å². The van der Waals surface area contributed by atoms with Crippen molar-refractivity contribution in [3.05, 3.63) is 23.1 Å². The van der Waals surface area contributed by atoms with Crippen LogP contribution in [0.2, 0.25) is 0 Å². The zero-order valence-electron chi connectivity index (χ0n) is 13.5. The molecule has 0 radical (unpaired) electrons. The molecule has 0 N–H and O–H groups in total. The predicted octanol–water partition coefficient (Wildman–Crippen LogP) is 3.83. The van der Waals surface area contributed by atoms with E-state index in [0.717, 1.165) is 16.5 Å². The summed E-state index contributed by atoms with van der Waals surface area (Å²) >= 11 is 1.39. The number of carbonyl (C=O) groups excluding carboxylic acids is 2. The SMILES string of the molecule is CCCOC(=O)CCC(=O)c1cc2cc(OC)c(OC)cc2s1. The van der Waals surface area contributed by atoms with Crippen molar-refractivity contribution >= 4 is 33.2 Å². The first kappa shape index (κ1) is 17.3. The first-order valence-corrected chi connectivity index (χ1v) is 8.25. The maximum absolute atomic E-state index is 12.2. The summed E-state index contributed by atoms with van der Waals surface area (Å²) in [4.78, 5) is 24.3. The van der Waals surface area contributed by atoms with Crippen LogP contribution in [-0.2, 0) is 9.53 Å². The van der Waals surface area contributed by atoms with Gasteiger partial charge in [0.05, 0.1) is 32.1 Å². The van der Waals surface area contributed by atoms with E-state index in [9.17, 15) is 9.59 Å². The standard InChI is InChI=1S/C17H20O5S/c1-4-7-22-17(19)6-5-12(18)16-9-11-8-13(20-2)14(21-3)10-15(11)23-16/h8-10H,4-7H2,1-3H3. The minimum absolute atomic E-state index is 0.0578. The number of methoxy groups -OCH3 is 2. The zero-order chi connectivity index (χ0) is 16.8. The van der Waals surface area contributed by atoms with E-state index in [1.807, 2.05) is 25.1 Å².